The van der Waals surface area contributed by atoms with E-state index in [1.165, 1.54) is 29.0 Å². The van der Waals surface area contributed by atoms with Gasteiger partial charge in [0.05, 0.1) is 6.61 Å². The van der Waals surface area contributed by atoms with E-state index in [1.54, 1.807) is 12.1 Å². The van der Waals surface area contributed by atoms with Crippen LogP contribution in [0.2, 0.25) is 0 Å². The molecule has 0 unspecified atom stereocenters. The van der Waals surface area contributed by atoms with Crippen molar-refractivity contribution >= 4 is 23.0 Å². The lowest BCUT2D eigenvalue weighted by atomic mass is 9.76. The van der Waals surface area contributed by atoms with Crippen molar-refractivity contribution in [3.8, 4) is 16.9 Å². The maximum absolute atomic E-state index is 15.7. The summed E-state index contributed by atoms with van der Waals surface area (Å²) in [5, 5.41) is 3.24. The Labute approximate surface area is 254 Å². The molecule has 0 bridgehead atoms. The maximum Gasteiger partial charge on any atom is 0.413 e. The second-order valence-corrected chi connectivity index (χ2v) is 12.1. The van der Waals surface area contributed by atoms with Crippen LogP contribution in [0.25, 0.3) is 11.1 Å². The molecule has 4 aromatic rings. The molecule has 43 heavy (non-hydrogen) atoms. The number of hydrogen-bond donors (Lipinski definition) is 1. The average Bonchev–Trinajstić information content (AvgIpc) is 3.36. The van der Waals surface area contributed by atoms with Gasteiger partial charge in [-0.3, -0.25) is 5.32 Å². The molecule has 218 valence electrons. The molecule has 7 rings (SSSR count). The Balaban J connectivity index is 1.07. The third-order valence-corrected chi connectivity index (χ3v) is 9.57. The van der Waals surface area contributed by atoms with Crippen LogP contribution in [0.15, 0.2) is 102 Å². The van der Waals surface area contributed by atoms with E-state index < -0.39 is 17.4 Å². The van der Waals surface area contributed by atoms with Gasteiger partial charge in [0, 0.05) is 35.8 Å². The van der Waals surface area contributed by atoms with Crippen molar-refractivity contribution in [3.63, 3.8) is 0 Å². The Kier molecular flexibility index (Phi) is 7.63. The average molecular weight is 595 g/mol. The van der Waals surface area contributed by atoms with Crippen molar-refractivity contribution in [2.45, 2.75) is 24.5 Å². The molecule has 0 aromatic heterocycles. The number of nitrogens with one attached hydrogen (secondary N) is 1. The highest BCUT2D eigenvalue weighted by molar-refractivity contribution is 8.13. The summed E-state index contributed by atoms with van der Waals surface area (Å²) in [6.45, 7) is 1.38. The molecule has 1 aliphatic carbocycles. The smallest absolute Gasteiger partial charge is 0.413 e. The summed E-state index contributed by atoms with van der Waals surface area (Å²) in [6, 6.07) is 31.1. The highest BCUT2D eigenvalue weighted by Gasteiger charge is 2.47. The van der Waals surface area contributed by atoms with Gasteiger partial charge in [-0.2, -0.15) is 0 Å². The van der Waals surface area contributed by atoms with Gasteiger partial charge in [-0.25, -0.2) is 14.2 Å². The highest BCUT2D eigenvalue weighted by Crippen LogP contribution is 2.46. The minimum atomic E-state index is -0.947. The maximum atomic E-state index is 15.7. The third-order valence-electron chi connectivity index (χ3n) is 8.54. The molecule has 3 aliphatic rings. The zero-order valence-electron chi connectivity index (χ0n) is 23.5. The molecular weight excluding hydrogens is 563 g/mol. The first-order valence-corrected chi connectivity index (χ1v) is 15.5. The van der Waals surface area contributed by atoms with Crippen LogP contribution >= 0.6 is 11.8 Å². The molecule has 1 N–H and O–H groups in total. The summed E-state index contributed by atoms with van der Waals surface area (Å²) >= 11 is 1.46. The Bertz CT molecular complexity index is 1630. The number of benzene rings is 4. The van der Waals surface area contributed by atoms with Crippen molar-refractivity contribution in [1.29, 1.82) is 0 Å². The molecule has 1 saturated heterocycles. The van der Waals surface area contributed by atoms with E-state index in [4.69, 9.17) is 19.2 Å². The van der Waals surface area contributed by atoms with Crippen molar-refractivity contribution in [1.82, 2.24) is 5.32 Å². The predicted molar refractivity (Wildman–Crippen MR) is 166 cm³/mol. The minimum absolute atomic E-state index is 0.0433. The number of alkyl carbamates (subject to hydrolysis) is 1. The molecule has 2 atom stereocenters. The van der Waals surface area contributed by atoms with Crippen LogP contribution in [0.4, 0.5) is 9.18 Å². The van der Waals surface area contributed by atoms with Gasteiger partial charge in [-0.05, 0) is 46.4 Å². The number of halogens is 1. The van der Waals surface area contributed by atoms with Crippen LogP contribution in [-0.2, 0) is 21.6 Å². The topological polar surface area (TPSA) is 69.2 Å². The molecule has 1 fully saturated rings. The van der Waals surface area contributed by atoms with Gasteiger partial charge in [0.15, 0.2) is 5.17 Å². The summed E-state index contributed by atoms with van der Waals surface area (Å²) in [6.07, 6.45) is 0.170. The van der Waals surface area contributed by atoms with Crippen LogP contribution in [0.5, 0.6) is 5.75 Å². The first-order valence-electron chi connectivity index (χ1n) is 14.5. The largest absolute Gasteiger partial charge is 0.489 e. The number of hydrogen-bond acceptors (Lipinski definition) is 6. The van der Waals surface area contributed by atoms with E-state index in [1.807, 2.05) is 54.6 Å². The number of amidine groups is 1. The quantitative estimate of drug-likeness (QED) is 0.254. The molecule has 2 aliphatic heterocycles. The van der Waals surface area contributed by atoms with E-state index in [9.17, 15) is 4.79 Å². The first-order chi connectivity index (χ1) is 21.1. The van der Waals surface area contributed by atoms with Gasteiger partial charge in [0.2, 0.25) is 0 Å². The van der Waals surface area contributed by atoms with Gasteiger partial charge < -0.3 is 14.2 Å². The molecule has 4 aromatic carbocycles. The second kappa shape index (κ2) is 11.9. The summed E-state index contributed by atoms with van der Waals surface area (Å²) in [5.41, 5.74) is 5.13. The van der Waals surface area contributed by atoms with E-state index in [0.717, 1.165) is 23.1 Å². The fourth-order valence-electron chi connectivity index (χ4n) is 6.37. The van der Waals surface area contributed by atoms with Crippen molar-refractivity contribution in [3.05, 3.63) is 125 Å². The SMILES string of the molecule is O=C(NC1=N[C@]2(c3ccc(OCc4ccccc4)cc3F)COCC[C@@H]2CS1)OCC1c2ccccc2-c2ccccc21. The Morgan fingerprint density at radius 1 is 0.977 bits per heavy atom. The van der Waals surface area contributed by atoms with E-state index in [-0.39, 0.29) is 25.0 Å². The molecule has 0 saturated carbocycles. The number of rotatable bonds is 6. The number of aliphatic imine (C=N–C) groups is 1. The Morgan fingerprint density at radius 3 is 2.44 bits per heavy atom. The van der Waals surface area contributed by atoms with Crippen LogP contribution in [-0.4, -0.2) is 36.8 Å². The van der Waals surface area contributed by atoms with Gasteiger partial charge in [0.25, 0.3) is 0 Å². The number of thioether (sulfide) groups is 1. The number of ether oxygens (including phenoxy) is 3. The van der Waals surface area contributed by atoms with Crippen molar-refractivity contribution < 1.29 is 23.4 Å². The number of carbonyl (C=O) groups is 1. The van der Waals surface area contributed by atoms with Gasteiger partial charge in [0.1, 0.15) is 30.3 Å². The zero-order valence-corrected chi connectivity index (χ0v) is 24.3. The monoisotopic (exact) mass is 594 g/mol. The standard InChI is InChI=1S/C35H31FN2O4S/c36-32-18-25(41-19-23-8-2-1-3-9-23)14-15-31(32)35-22-40-17-16-24(35)21-43-33(38-35)37-34(39)42-20-30-28-12-6-4-10-26(28)27-11-5-7-13-29(27)30/h1-15,18,24,30H,16-17,19-22H2,(H,37,38,39)/t24-,35-/m1/s1. The molecule has 8 heteroatoms. The summed E-state index contributed by atoms with van der Waals surface area (Å²) in [5.74, 6) is 0.735. The van der Waals surface area contributed by atoms with Crippen LogP contribution in [0.1, 0.15) is 34.6 Å². The van der Waals surface area contributed by atoms with Gasteiger partial charge in [-0.1, -0.05) is 90.6 Å². The number of fused-ring (bicyclic) bond motifs is 4. The van der Waals surface area contributed by atoms with E-state index >= 15 is 4.39 Å². The van der Waals surface area contributed by atoms with Crippen LogP contribution < -0.4 is 10.1 Å². The third kappa shape index (κ3) is 5.41. The molecular formula is C35H31FN2O4S. The predicted octanol–water partition coefficient (Wildman–Crippen LogP) is 7.28. The van der Waals surface area contributed by atoms with Crippen LogP contribution in [0.3, 0.4) is 0 Å². The zero-order chi connectivity index (χ0) is 29.2. The molecule has 2 heterocycles. The lowest BCUT2D eigenvalue weighted by molar-refractivity contribution is 0.00284. The number of nitrogens with zero attached hydrogens (tertiary/aromatic N) is 1. The Hall–Kier alpha value is -4.14. The summed E-state index contributed by atoms with van der Waals surface area (Å²) in [4.78, 5) is 18.0. The van der Waals surface area contributed by atoms with Crippen LogP contribution in [0, 0.1) is 11.7 Å². The molecule has 0 spiro atoms. The number of carbonyl (C=O) groups excluding carboxylic acids is 1. The lowest BCUT2D eigenvalue weighted by Gasteiger charge is -2.44. The normalized spacial score (nSPS) is 20.8. The molecule has 0 radical (unpaired) electrons. The first kappa shape index (κ1) is 27.7. The van der Waals surface area contributed by atoms with Gasteiger partial charge in [-0.15, -0.1) is 0 Å². The van der Waals surface area contributed by atoms with Crippen molar-refractivity contribution in [2.24, 2.45) is 10.9 Å². The number of amides is 1. The Morgan fingerprint density at radius 2 is 1.70 bits per heavy atom. The minimum Gasteiger partial charge on any atom is -0.489 e. The molecule has 6 nitrogen and oxygen atoms in total. The highest BCUT2D eigenvalue weighted by atomic mass is 32.2. The fraction of sp³-hybridized carbons (Fsp3) is 0.257. The second-order valence-electron chi connectivity index (χ2n) is 11.1. The summed E-state index contributed by atoms with van der Waals surface area (Å²) in [7, 11) is 0. The summed E-state index contributed by atoms with van der Waals surface area (Å²) < 4.78 is 33.2. The van der Waals surface area contributed by atoms with E-state index in [2.05, 4.69) is 29.6 Å². The van der Waals surface area contributed by atoms with Gasteiger partial charge >= 0.3 is 6.09 Å². The van der Waals surface area contributed by atoms with Crippen molar-refractivity contribution in [2.75, 3.05) is 25.6 Å². The van der Waals surface area contributed by atoms with E-state index in [0.29, 0.717) is 35.4 Å². The fourth-order valence-corrected chi connectivity index (χ4v) is 7.55. The lowest BCUT2D eigenvalue weighted by Crippen LogP contribution is -2.49. The molecule has 1 amide bonds.